The van der Waals surface area contributed by atoms with Crippen LogP contribution in [0, 0.1) is 5.82 Å². The monoisotopic (exact) mass is 364 g/mol. The van der Waals surface area contributed by atoms with Crippen molar-refractivity contribution in [2.45, 2.75) is 6.36 Å². The van der Waals surface area contributed by atoms with Gasteiger partial charge in [-0.2, -0.15) is 0 Å². The molecule has 0 unspecified atom stereocenters. The molecule has 0 aliphatic rings. The Hall–Kier alpha value is -3.16. The number of alkyl halides is 3. The van der Waals surface area contributed by atoms with Gasteiger partial charge in [0.2, 0.25) is 0 Å². The Kier molecular flexibility index (Phi) is 4.50. The molecule has 134 valence electrons. The second-order valence-electron chi connectivity index (χ2n) is 5.43. The molecule has 0 saturated carbocycles. The molecule has 1 aromatic heterocycles. The molecule has 0 amide bonds. The van der Waals surface area contributed by atoms with Gasteiger partial charge in [-0.05, 0) is 23.8 Å². The third-order valence-corrected chi connectivity index (χ3v) is 3.66. The molecular weight excluding hydrogens is 352 g/mol. The molecule has 3 rings (SSSR count). The van der Waals surface area contributed by atoms with Crippen LogP contribution >= 0.6 is 0 Å². The van der Waals surface area contributed by atoms with Gasteiger partial charge in [0.25, 0.3) is 5.56 Å². The summed E-state index contributed by atoms with van der Waals surface area (Å²) < 4.78 is 57.3. The summed E-state index contributed by atoms with van der Waals surface area (Å²) in [4.78, 5) is 16.1. The van der Waals surface area contributed by atoms with Crippen molar-refractivity contribution in [3.63, 3.8) is 0 Å². The molecule has 0 N–H and O–H groups in total. The highest BCUT2D eigenvalue weighted by Gasteiger charge is 2.32. The van der Waals surface area contributed by atoms with Gasteiger partial charge in [-0.3, -0.25) is 4.79 Å². The summed E-state index contributed by atoms with van der Waals surface area (Å²) in [5.41, 5.74) is -0.398. The van der Waals surface area contributed by atoms with E-state index in [0.29, 0.717) is 0 Å². The van der Waals surface area contributed by atoms with Crippen LogP contribution in [0.1, 0.15) is 0 Å². The summed E-state index contributed by atoms with van der Waals surface area (Å²) in [5.74, 6) is -1.13. The zero-order chi connectivity index (χ0) is 18.9. The molecule has 0 saturated heterocycles. The first-order valence-electron chi connectivity index (χ1n) is 7.43. The van der Waals surface area contributed by atoms with Gasteiger partial charge >= 0.3 is 6.36 Å². The molecule has 0 aliphatic heterocycles. The predicted octanol–water partition coefficient (Wildman–Crippen LogP) is 4.15. The second kappa shape index (κ2) is 6.62. The van der Waals surface area contributed by atoms with E-state index in [0.717, 1.165) is 12.1 Å². The Bertz CT molecular complexity index is 1010. The van der Waals surface area contributed by atoms with E-state index in [-0.39, 0.29) is 22.4 Å². The lowest BCUT2D eigenvalue weighted by molar-refractivity contribution is -0.274. The molecule has 0 bridgehead atoms. The second-order valence-corrected chi connectivity index (χ2v) is 5.43. The Morgan fingerprint density at radius 2 is 1.81 bits per heavy atom. The minimum absolute atomic E-state index is 0.106. The van der Waals surface area contributed by atoms with Crippen LogP contribution in [-0.2, 0) is 7.05 Å². The fourth-order valence-corrected chi connectivity index (χ4v) is 2.48. The van der Waals surface area contributed by atoms with Gasteiger partial charge < -0.3 is 9.30 Å². The molecule has 0 radical (unpaired) electrons. The van der Waals surface area contributed by atoms with Crippen molar-refractivity contribution < 1.29 is 22.3 Å². The van der Waals surface area contributed by atoms with Gasteiger partial charge in [-0.25, -0.2) is 9.37 Å². The number of aromatic nitrogens is 2. The summed E-state index contributed by atoms with van der Waals surface area (Å²) in [6.07, 6.45) is -2.11. The molecule has 8 heteroatoms. The topological polar surface area (TPSA) is 44.1 Å². The van der Waals surface area contributed by atoms with Gasteiger partial charge in [0.05, 0.1) is 0 Å². The lowest BCUT2D eigenvalue weighted by atomic mass is 10.0. The molecule has 0 atom stereocenters. The van der Waals surface area contributed by atoms with Crippen molar-refractivity contribution in [1.29, 1.82) is 0 Å². The first-order valence-corrected chi connectivity index (χ1v) is 7.43. The molecule has 26 heavy (non-hydrogen) atoms. The summed E-state index contributed by atoms with van der Waals surface area (Å²) in [6.45, 7) is 0. The van der Waals surface area contributed by atoms with Crippen LogP contribution in [0.5, 0.6) is 5.75 Å². The van der Waals surface area contributed by atoms with Gasteiger partial charge in [0.1, 0.15) is 17.3 Å². The van der Waals surface area contributed by atoms with E-state index in [2.05, 4.69) is 9.72 Å². The minimum Gasteiger partial charge on any atom is -0.405 e. The Morgan fingerprint density at radius 1 is 1.08 bits per heavy atom. The van der Waals surface area contributed by atoms with Crippen LogP contribution in [0.4, 0.5) is 17.6 Å². The summed E-state index contributed by atoms with van der Waals surface area (Å²) >= 11 is 0. The fourth-order valence-electron chi connectivity index (χ4n) is 2.48. The molecular formula is C18H12F4N2O2. The Labute approximate surface area is 145 Å². The van der Waals surface area contributed by atoms with Gasteiger partial charge in [-0.1, -0.05) is 24.3 Å². The molecule has 0 fully saturated rings. The number of rotatable bonds is 3. The molecule has 0 aliphatic carbocycles. The average molecular weight is 364 g/mol. The lowest BCUT2D eigenvalue weighted by Gasteiger charge is -2.14. The third kappa shape index (κ3) is 3.58. The lowest BCUT2D eigenvalue weighted by Crippen LogP contribution is -2.19. The van der Waals surface area contributed by atoms with E-state index < -0.39 is 23.5 Å². The number of para-hydroxylation sites is 1. The van der Waals surface area contributed by atoms with Gasteiger partial charge in [0.15, 0.2) is 0 Å². The van der Waals surface area contributed by atoms with Crippen molar-refractivity contribution in [2.24, 2.45) is 7.05 Å². The van der Waals surface area contributed by atoms with Crippen LogP contribution in [-0.4, -0.2) is 15.9 Å². The third-order valence-electron chi connectivity index (χ3n) is 3.66. The first kappa shape index (κ1) is 17.7. The average Bonchev–Trinajstić information content (AvgIpc) is 2.57. The van der Waals surface area contributed by atoms with E-state index in [1.807, 2.05) is 0 Å². The van der Waals surface area contributed by atoms with Crippen molar-refractivity contribution in [3.05, 3.63) is 71.0 Å². The highest BCUT2D eigenvalue weighted by atomic mass is 19.4. The normalized spacial score (nSPS) is 11.4. The number of nitrogens with zero attached hydrogens (tertiary/aromatic N) is 2. The zero-order valence-electron chi connectivity index (χ0n) is 13.4. The predicted molar refractivity (Wildman–Crippen MR) is 87.0 cm³/mol. The number of aryl methyl sites for hydroxylation is 1. The quantitative estimate of drug-likeness (QED) is 0.656. The van der Waals surface area contributed by atoms with E-state index in [1.54, 1.807) is 0 Å². The maximum absolute atomic E-state index is 14.3. The van der Waals surface area contributed by atoms with Crippen LogP contribution in [0.15, 0.2) is 59.7 Å². The molecule has 1 heterocycles. The standard InChI is InChI=1S/C18H12F4N2O2/c1-24-9-8-23-16(17(24)25)13-10-11(6-7-14(13)19)12-4-2-3-5-15(12)26-18(20,21)22/h2-10H,1H3. The number of hydrogen-bond acceptors (Lipinski definition) is 3. The SMILES string of the molecule is Cn1ccnc(-c2cc(-c3ccccc3OC(F)(F)F)ccc2F)c1=O. The molecule has 4 nitrogen and oxygen atoms in total. The van der Waals surface area contributed by atoms with Crippen LogP contribution in [0.25, 0.3) is 22.4 Å². The smallest absolute Gasteiger partial charge is 0.405 e. The number of ether oxygens (including phenoxy) is 1. The largest absolute Gasteiger partial charge is 0.573 e. The van der Waals surface area contributed by atoms with Crippen molar-refractivity contribution in [2.75, 3.05) is 0 Å². The van der Waals surface area contributed by atoms with Gasteiger partial charge in [0, 0.05) is 30.6 Å². The number of halogens is 4. The molecule has 3 aromatic rings. The highest BCUT2D eigenvalue weighted by Crippen LogP contribution is 2.35. The van der Waals surface area contributed by atoms with E-state index in [1.165, 1.54) is 54.3 Å². The molecule has 0 spiro atoms. The number of hydrogen-bond donors (Lipinski definition) is 0. The fraction of sp³-hybridized carbons (Fsp3) is 0.111. The highest BCUT2D eigenvalue weighted by molar-refractivity contribution is 5.75. The maximum atomic E-state index is 14.3. The van der Waals surface area contributed by atoms with Crippen molar-refractivity contribution in [1.82, 2.24) is 9.55 Å². The van der Waals surface area contributed by atoms with E-state index in [9.17, 15) is 22.4 Å². The van der Waals surface area contributed by atoms with E-state index >= 15 is 0 Å². The summed E-state index contributed by atoms with van der Waals surface area (Å²) in [5, 5.41) is 0. The zero-order valence-corrected chi connectivity index (χ0v) is 13.4. The van der Waals surface area contributed by atoms with Crippen LogP contribution < -0.4 is 10.3 Å². The summed E-state index contributed by atoms with van der Waals surface area (Å²) in [7, 11) is 1.49. The maximum Gasteiger partial charge on any atom is 0.573 e. The van der Waals surface area contributed by atoms with E-state index in [4.69, 9.17) is 0 Å². The van der Waals surface area contributed by atoms with Crippen molar-refractivity contribution >= 4 is 0 Å². The molecule has 2 aromatic carbocycles. The minimum atomic E-state index is -4.87. The number of benzene rings is 2. The van der Waals surface area contributed by atoms with Crippen LogP contribution in [0.2, 0.25) is 0 Å². The van der Waals surface area contributed by atoms with Crippen molar-refractivity contribution in [3.8, 4) is 28.1 Å². The Morgan fingerprint density at radius 3 is 2.54 bits per heavy atom. The first-order chi connectivity index (χ1) is 12.3. The van der Waals surface area contributed by atoms with Crippen LogP contribution in [0.3, 0.4) is 0 Å². The van der Waals surface area contributed by atoms with Gasteiger partial charge in [-0.15, -0.1) is 13.2 Å². The summed E-state index contributed by atoms with van der Waals surface area (Å²) in [6, 6.07) is 9.15. The Balaban J connectivity index is 2.15.